The molecule has 0 radical (unpaired) electrons. The van der Waals surface area contributed by atoms with Gasteiger partial charge in [-0.3, -0.25) is 0 Å². The van der Waals surface area contributed by atoms with Gasteiger partial charge in [-0.2, -0.15) is 0 Å². The van der Waals surface area contributed by atoms with Crippen LogP contribution in [0.4, 0.5) is 0 Å². The van der Waals surface area contributed by atoms with Crippen LogP contribution in [0, 0.1) is 0 Å². The van der Waals surface area contributed by atoms with E-state index >= 15 is 0 Å². The monoisotopic (exact) mass is 517 g/mol. The van der Waals surface area contributed by atoms with Crippen molar-refractivity contribution < 1.29 is 4.42 Å². The molecule has 4 nitrogen and oxygen atoms in total. The van der Waals surface area contributed by atoms with Crippen LogP contribution in [0.25, 0.3) is 80.9 Å². The number of benzene rings is 5. The van der Waals surface area contributed by atoms with Crippen molar-refractivity contribution in [1.29, 1.82) is 0 Å². The molecule has 182 valence electrons. The summed E-state index contributed by atoms with van der Waals surface area (Å²) in [7, 11) is 0. The number of rotatable bonds is 2. The summed E-state index contributed by atoms with van der Waals surface area (Å²) in [6.07, 6.45) is 3.35. The van der Waals surface area contributed by atoms with Gasteiger partial charge in [0.1, 0.15) is 17.4 Å². The average Bonchev–Trinajstić information content (AvgIpc) is 3.66. The summed E-state index contributed by atoms with van der Waals surface area (Å²) >= 11 is 1.83. The molecule has 0 saturated heterocycles. The molecule has 0 aliphatic rings. The zero-order valence-electron chi connectivity index (χ0n) is 20.6. The summed E-state index contributed by atoms with van der Waals surface area (Å²) in [6.45, 7) is 0. The highest BCUT2D eigenvalue weighted by molar-refractivity contribution is 7.26. The highest BCUT2D eigenvalue weighted by Crippen LogP contribution is 2.44. The van der Waals surface area contributed by atoms with Crippen molar-refractivity contribution in [2.45, 2.75) is 0 Å². The lowest BCUT2D eigenvalue weighted by Gasteiger charge is -2.12. The van der Waals surface area contributed by atoms with Gasteiger partial charge in [-0.05, 0) is 30.3 Å². The first-order valence-corrected chi connectivity index (χ1v) is 13.7. The third-order valence-electron chi connectivity index (χ3n) is 7.75. The number of hydrogen-bond donors (Lipinski definition) is 0. The molecular weight excluding hydrogens is 498 g/mol. The lowest BCUT2D eigenvalue weighted by molar-refractivity contribution is 0.666. The lowest BCUT2D eigenvalue weighted by atomic mass is 10.00. The first-order valence-electron chi connectivity index (χ1n) is 12.9. The van der Waals surface area contributed by atoms with Crippen molar-refractivity contribution in [2.24, 2.45) is 0 Å². The first-order chi connectivity index (χ1) is 19.3. The number of aromatic nitrogens is 3. The van der Waals surface area contributed by atoms with Crippen molar-refractivity contribution in [3.63, 3.8) is 0 Å². The lowest BCUT2D eigenvalue weighted by Crippen LogP contribution is -1.95. The molecule has 0 amide bonds. The maximum absolute atomic E-state index is 6.48. The number of thiophene rings is 1. The molecule has 9 aromatic rings. The molecule has 0 aliphatic carbocycles. The fourth-order valence-electron chi connectivity index (χ4n) is 6.09. The Balaban J connectivity index is 1.46. The molecule has 0 N–H and O–H groups in total. The zero-order chi connectivity index (χ0) is 25.5. The molecule has 0 saturated carbocycles. The van der Waals surface area contributed by atoms with E-state index in [0.29, 0.717) is 5.58 Å². The Bertz CT molecular complexity index is 2360. The molecule has 9 rings (SSSR count). The number of hydrogen-bond acceptors (Lipinski definition) is 4. The Labute approximate surface area is 226 Å². The number of nitrogens with zero attached hydrogens (tertiary/aromatic N) is 3. The molecule has 0 aliphatic heterocycles. The van der Waals surface area contributed by atoms with E-state index in [2.05, 4.69) is 118 Å². The summed E-state index contributed by atoms with van der Waals surface area (Å²) in [5, 5.41) is 6.00. The van der Waals surface area contributed by atoms with E-state index in [0.717, 1.165) is 33.3 Å². The quantitative estimate of drug-likeness (QED) is 0.229. The van der Waals surface area contributed by atoms with Crippen LogP contribution in [-0.2, 0) is 0 Å². The normalized spacial score (nSPS) is 12.1. The molecular formula is C34H19N3OS. The summed E-state index contributed by atoms with van der Waals surface area (Å²) in [5.41, 5.74) is 7.99. The molecule has 4 heterocycles. The van der Waals surface area contributed by atoms with Gasteiger partial charge in [-0.1, -0.05) is 72.8 Å². The number of furan rings is 1. The minimum Gasteiger partial charge on any atom is -0.452 e. The van der Waals surface area contributed by atoms with Crippen molar-refractivity contribution in [1.82, 2.24) is 14.5 Å². The van der Waals surface area contributed by atoms with Crippen molar-refractivity contribution in [3.8, 4) is 16.8 Å². The van der Waals surface area contributed by atoms with E-state index in [4.69, 9.17) is 4.42 Å². The maximum atomic E-state index is 6.48. The highest BCUT2D eigenvalue weighted by Gasteiger charge is 2.20. The van der Waals surface area contributed by atoms with Crippen molar-refractivity contribution in [3.05, 3.63) is 116 Å². The zero-order valence-corrected chi connectivity index (χ0v) is 21.4. The summed E-state index contributed by atoms with van der Waals surface area (Å²) in [6, 6.07) is 36.9. The Hall–Kier alpha value is -5.00. The van der Waals surface area contributed by atoms with Gasteiger partial charge in [0, 0.05) is 53.1 Å². The van der Waals surface area contributed by atoms with Gasteiger partial charge >= 0.3 is 0 Å². The molecule has 0 unspecified atom stereocenters. The van der Waals surface area contributed by atoms with E-state index in [1.165, 1.54) is 42.0 Å². The van der Waals surface area contributed by atoms with Crippen molar-refractivity contribution in [2.75, 3.05) is 0 Å². The average molecular weight is 518 g/mol. The Morgan fingerprint density at radius 2 is 1.36 bits per heavy atom. The fourth-order valence-corrected chi connectivity index (χ4v) is 7.32. The smallest absolute Gasteiger partial charge is 0.172 e. The second kappa shape index (κ2) is 7.76. The maximum Gasteiger partial charge on any atom is 0.172 e. The Morgan fingerprint density at radius 3 is 2.18 bits per heavy atom. The van der Waals surface area contributed by atoms with Crippen LogP contribution >= 0.6 is 11.3 Å². The van der Waals surface area contributed by atoms with Crippen LogP contribution in [0.15, 0.2) is 120 Å². The molecule has 0 fully saturated rings. The molecule has 5 aromatic carbocycles. The third-order valence-corrected chi connectivity index (χ3v) is 8.97. The molecule has 0 bridgehead atoms. The summed E-state index contributed by atoms with van der Waals surface area (Å²) in [4.78, 5) is 8.87. The second-order valence-electron chi connectivity index (χ2n) is 9.86. The molecule has 5 heteroatoms. The van der Waals surface area contributed by atoms with Gasteiger partial charge in [-0.25, -0.2) is 9.97 Å². The van der Waals surface area contributed by atoms with Gasteiger partial charge < -0.3 is 8.98 Å². The highest BCUT2D eigenvalue weighted by atomic mass is 32.1. The van der Waals surface area contributed by atoms with E-state index in [1.807, 2.05) is 11.3 Å². The Morgan fingerprint density at radius 1 is 0.641 bits per heavy atom. The Kier molecular flexibility index (Phi) is 4.18. The van der Waals surface area contributed by atoms with Gasteiger partial charge in [0.2, 0.25) is 0 Å². The number of para-hydroxylation sites is 2. The molecule has 0 atom stereocenters. The summed E-state index contributed by atoms with van der Waals surface area (Å²) in [5.74, 6) is 0. The van der Waals surface area contributed by atoms with Crippen molar-refractivity contribution >= 4 is 75.4 Å². The summed E-state index contributed by atoms with van der Waals surface area (Å²) < 4.78 is 11.4. The van der Waals surface area contributed by atoms with Gasteiger partial charge in [0.25, 0.3) is 0 Å². The van der Waals surface area contributed by atoms with Crippen LogP contribution in [0.3, 0.4) is 0 Å². The predicted molar refractivity (Wildman–Crippen MR) is 162 cm³/mol. The van der Waals surface area contributed by atoms with Crippen LogP contribution in [0.1, 0.15) is 0 Å². The van der Waals surface area contributed by atoms with Crippen LogP contribution in [-0.4, -0.2) is 14.5 Å². The molecule has 0 spiro atoms. The minimum atomic E-state index is 0.691. The topological polar surface area (TPSA) is 43.9 Å². The molecule has 4 aromatic heterocycles. The van der Waals surface area contributed by atoms with E-state index < -0.39 is 0 Å². The third kappa shape index (κ3) is 2.88. The van der Waals surface area contributed by atoms with Gasteiger partial charge in [0.05, 0.1) is 17.2 Å². The minimum absolute atomic E-state index is 0.691. The van der Waals surface area contributed by atoms with E-state index in [9.17, 15) is 0 Å². The first kappa shape index (κ1) is 21.0. The van der Waals surface area contributed by atoms with Crippen LogP contribution < -0.4 is 0 Å². The fraction of sp³-hybridized carbons (Fsp3) is 0. The SMILES string of the molecule is c1ccc2c(c1)sc1c(-c3cc(-n4c5ccccc5c5ccccc54)cc4c3oc3cncnc34)cccc12. The van der Waals surface area contributed by atoms with E-state index in [-0.39, 0.29) is 0 Å². The van der Waals surface area contributed by atoms with Gasteiger partial charge in [0.15, 0.2) is 5.58 Å². The predicted octanol–water partition coefficient (Wildman–Crippen LogP) is 9.51. The standard InChI is InChI=1S/C34H19N3OS/c1-4-13-28-21(8-1)22-9-2-5-14-29(22)37(28)20-16-26(33-27(17-20)32-30(38-33)18-35-19-36-32)25-12-7-11-24-23-10-3-6-15-31(23)39-34(24)25/h1-19H. The van der Waals surface area contributed by atoms with Crippen LogP contribution in [0.2, 0.25) is 0 Å². The van der Waals surface area contributed by atoms with E-state index in [1.54, 1.807) is 12.5 Å². The van der Waals surface area contributed by atoms with Gasteiger partial charge in [-0.15, -0.1) is 11.3 Å². The largest absolute Gasteiger partial charge is 0.452 e. The number of fused-ring (bicyclic) bond motifs is 9. The van der Waals surface area contributed by atoms with Crippen LogP contribution in [0.5, 0.6) is 0 Å². The second-order valence-corrected chi connectivity index (χ2v) is 10.9. The molecule has 39 heavy (non-hydrogen) atoms.